The van der Waals surface area contributed by atoms with E-state index in [1.54, 1.807) is 0 Å². The average Bonchev–Trinajstić information content (AvgIpc) is 2.93. The normalized spacial score (nSPS) is 17.7. The maximum absolute atomic E-state index is 6.14. The molecule has 2 aliphatic rings. The van der Waals surface area contributed by atoms with Crippen LogP contribution in [-0.2, 0) is 30.6 Å². The minimum absolute atomic E-state index is 0. The molecule has 0 aromatic rings. The second-order valence-corrected chi connectivity index (χ2v) is 16.3. The summed E-state index contributed by atoms with van der Waals surface area (Å²) in [7, 11) is -2.16. The molecule has 0 heterocycles. The monoisotopic (exact) mass is 534 g/mol. The van der Waals surface area contributed by atoms with Crippen molar-refractivity contribution >= 4 is 17.1 Å². The molecule has 158 valence electrons. The molecule has 0 atom stereocenters. The average molecular weight is 537 g/mol. The van der Waals surface area contributed by atoms with Crippen LogP contribution in [0.2, 0.25) is 32.7 Å². The molecule has 0 aromatic heterocycles. The van der Waals surface area contributed by atoms with Crippen LogP contribution in [-0.4, -0.2) is 17.1 Å². The zero-order valence-corrected chi connectivity index (χ0v) is 25.8. The standard InChI is InChI=1S/C12H23OSi2.C10H15.2ClH.Zr/c1-7-10-11(13-15(4,5)6)8-9-12(10)14(2)3;1-7-6-10(4,5)9(3)8(7)2;;;/h14H,7-8H2,1-6H3;1-5H3;2*1H;/q2*-1;;;+4/p-2. The van der Waals surface area contributed by atoms with Crippen molar-refractivity contribution in [1.82, 2.24) is 0 Å². The molecule has 0 unspecified atom stereocenters. The van der Waals surface area contributed by atoms with E-state index in [-0.39, 0.29) is 56.4 Å². The molecule has 2 rings (SSSR count). The first kappa shape index (κ1) is 33.3. The molecule has 0 saturated carbocycles. The first-order valence-corrected chi connectivity index (χ1v) is 15.9. The fourth-order valence-corrected chi connectivity index (χ4v) is 5.86. The SMILES string of the molecule is CC1=[C-]C(C)(C)C(C)=C1C.CCC1=C(O[Si](C)(C)C)C[C-]=C1[SiH](C)C.[Cl-].[Cl-].[Zr+4]. The fourth-order valence-electron chi connectivity index (χ4n) is 3.35. The smallest absolute Gasteiger partial charge is 1.00 e. The first-order valence-electron chi connectivity index (χ1n) is 9.62. The van der Waals surface area contributed by atoms with Crippen molar-refractivity contribution < 1.29 is 55.4 Å². The van der Waals surface area contributed by atoms with E-state index < -0.39 is 17.1 Å². The molecule has 28 heavy (non-hydrogen) atoms. The van der Waals surface area contributed by atoms with Gasteiger partial charge in [0, 0.05) is 8.80 Å². The van der Waals surface area contributed by atoms with Gasteiger partial charge in [-0.2, -0.15) is 16.7 Å². The summed E-state index contributed by atoms with van der Waals surface area (Å²) in [6.45, 7) is 24.6. The summed E-state index contributed by atoms with van der Waals surface area (Å²) in [6, 6.07) is 0. The Kier molecular flexibility index (Phi) is 15.6. The van der Waals surface area contributed by atoms with E-state index in [0.29, 0.717) is 0 Å². The Morgan fingerprint density at radius 1 is 1.07 bits per heavy atom. The van der Waals surface area contributed by atoms with Crippen LogP contribution in [0.15, 0.2) is 33.2 Å². The minimum Gasteiger partial charge on any atom is -1.00 e. The topological polar surface area (TPSA) is 9.23 Å². The molecule has 0 aromatic carbocycles. The molecule has 0 amide bonds. The zero-order valence-electron chi connectivity index (χ0n) is 19.7. The third kappa shape index (κ3) is 9.21. The van der Waals surface area contributed by atoms with Crippen molar-refractivity contribution in [1.29, 1.82) is 0 Å². The summed E-state index contributed by atoms with van der Waals surface area (Å²) < 4.78 is 6.14. The molecule has 0 saturated heterocycles. The van der Waals surface area contributed by atoms with Crippen LogP contribution >= 0.6 is 0 Å². The summed E-state index contributed by atoms with van der Waals surface area (Å²) in [5.74, 6) is 1.23. The summed E-state index contributed by atoms with van der Waals surface area (Å²) in [6.07, 6.45) is 9.00. The van der Waals surface area contributed by atoms with Gasteiger partial charge in [0.05, 0.1) is 0 Å². The second kappa shape index (κ2) is 13.2. The largest absolute Gasteiger partial charge is 4.00 e. The predicted octanol–water partition coefficient (Wildman–Crippen LogP) is 0.779. The van der Waals surface area contributed by atoms with Crippen molar-refractivity contribution in [3.05, 3.63) is 45.4 Å². The van der Waals surface area contributed by atoms with Gasteiger partial charge in [-0.1, -0.05) is 66.0 Å². The van der Waals surface area contributed by atoms with Crippen LogP contribution in [0, 0.1) is 17.6 Å². The first-order chi connectivity index (χ1) is 11.3. The van der Waals surface area contributed by atoms with Crippen molar-refractivity contribution in [3.8, 4) is 0 Å². The van der Waals surface area contributed by atoms with Gasteiger partial charge in [-0.25, -0.2) is 10.8 Å². The van der Waals surface area contributed by atoms with E-state index in [1.807, 2.05) is 0 Å². The van der Waals surface area contributed by atoms with Gasteiger partial charge in [0.25, 0.3) is 0 Å². The number of hydrogen-bond donors (Lipinski definition) is 0. The molecular formula is C22H38Cl2OSi2Zr. The summed E-state index contributed by atoms with van der Waals surface area (Å²) in [5.41, 5.74) is 5.87. The van der Waals surface area contributed by atoms with Crippen LogP contribution in [0.4, 0.5) is 0 Å². The molecule has 0 radical (unpaired) electrons. The van der Waals surface area contributed by atoms with E-state index in [1.165, 1.54) is 33.2 Å². The Morgan fingerprint density at radius 2 is 1.57 bits per heavy atom. The van der Waals surface area contributed by atoms with E-state index in [9.17, 15) is 0 Å². The van der Waals surface area contributed by atoms with Crippen molar-refractivity contribution in [3.63, 3.8) is 0 Å². The van der Waals surface area contributed by atoms with Crippen molar-refractivity contribution in [2.75, 3.05) is 0 Å². The summed E-state index contributed by atoms with van der Waals surface area (Å²) >= 11 is 0. The third-order valence-corrected chi connectivity index (χ3v) is 7.59. The Hall–Kier alpha value is 0.657. The van der Waals surface area contributed by atoms with E-state index in [2.05, 4.69) is 86.4 Å². The van der Waals surface area contributed by atoms with Gasteiger partial charge in [0.1, 0.15) is 0 Å². The zero-order chi connectivity index (χ0) is 19.6. The van der Waals surface area contributed by atoms with Gasteiger partial charge >= 0.3 is 26.2 Å². The van der Waals surface area contributed by atoms with Gasteiger partial charge in [-0.3, -0.25) is 12.2 Å². The van der Waals surface area contributed by atoms with Crippen LogP contribution < -0.4 is 24.8 Å². The summed E-state index contributed by atoms with van der Waals surface area (Å²) in [5, 5.41) is 1.52. The predicted molar refractivity (Wildman–Crippen MR) is 117 cm³/mol. The van der Waals surface area contributed by atoms with Crippen LogP contribution in [0.25, 0.3) is 0 Å². The Labute approximate surface area is 209 Å². The van der Waals surface area contributed by atoms with Crippen LogP contribution in [0.3, 0.4) is 0 Å². The quantitative estimate of drug-likeness (QED) is 0.381. The molecular weight excluding hydrogens is 499 g/mol. The minimum atomic E-state index is -1.44. The van der Waals surface area contributed by atoms with Gasteiger partial charge in [0.15, 0.2) is 0 Å². The van der Waals surface area contributed by atoms with Crippen molar-refractivity contribution in [2.24, 2.45) is 5.41 Å². The molecule has 1 nitrogen and oxygen atoms in total. The fraction of sp³-hybridized carbons (Fsp3) is 0.636. The molecule has 0 bridgehead atoms. The van der Waals surface area contributed by atoms with E-state index in [4.69, 9.17) is 4.43 Å². The molecule has 6 heteroatoms. The van der Waals surface area contributed by atoms with Crippen molar-refractivity contribution in [2.45, 2.75) is 87.1 Å². The maximum Gasteiger partial charge on any atom is 4.00 e. The molecule has 0 spiro atoms. The molecule has 0 fully saturated rings. The number of hydrogen-bond acceptors (Lipinski definition) is 1. The van der Waals surface area contributed by atoms with Gasteiger partial charge in [-0.05, 0) is 25.4 Å². The number of halogens is 2. The molecule has 2 aliphatic carbocycles. The van der Waals surface area contributed by atoms with E-state index in [0.717, 1.165) is 12.8 Å². The Bertz CT molecular complexity index is 639. The van der Waals surface area contributed by atoms with Gasteiger partial charge < -0.3 is 29.2 Å². The van der Waals surface area contributed by atoms with Gasteiger partial charge in [0.2, 0.25) is 8.32 Å². The maximum atomic E-state index is 6.14. The van der Waals surface area contributed by atoms with E-state index >= 15 is 0 Å². The van der Waals surface area contributed by atoms with Gasteiger partial charge in [-0.15, -0.1) is 6.92 Å². The van der Waals surface area contributed by atoms with Crippen LogP contribution in [0.5, 0.6) is 0 Å². The Morgan fingerprint density at radius 3 is 1.82 bits per heavy atom. The third-order valence-electron chi connectivity index (χ3n) is 5.02. The summed E-state index contributed by atoms with van der Waals surface area (Å²) in [4.78, 5) is 0. The Balaban J connectivity index is -0.000000427. The number of rotatable bonds is 4. The second-order valence-electron chi connectivity index (χ2n) is 9.02. The molecule has 0 aliphatic heterocycles. The molecule has 0 N–H and O–H groups in total. The number of allylic oxidation sites excluding steroid dienone is 7. The van der Waals surface area contributed by atoms with Crippen LogP contribution in [0.1, 0.15) is 54.4 Å².